The predicted molar refractivity (Wildman–Crippen MR) is 81.9 cm³/mol. The number of benzene rings is 1. The average molecular weight is 296 g/mol. The molecule has 0 aliphatic rings. The second-order valence-corrected chi connectivity index (χ2v) is 5.39. The monoisotopic (exact) mass is 296 g/mol. The molecule has 1 aromatic rings. The number of carbonyl (C=O) groups is 2. The number of ether oxygens (including phenoxy) is 1. The Balaban J connectivity index is 2.78. The number of hydrogen-bond donors (Lipinski definition) is 2. The van der Waals surface area contributed by atoms with Gasteiger partial charge in [0, 0.05) is 11.3 Å². The first-order valence-electron chi connectivity index (χ1n) is 6.23. The number of thioether (sulfide) groups is 1. The van der Waals surface area contributed by atoms with Crippen LogP contribution in [0.25, 0.3) is 0 Å². The summed E-state index contributed by atoms with van der Waals surface area (Å²) in [5.41, 5.74) is 7.66. The van der Waals surface area contributed by atoms with Crippen LogP contribution in [0.5, 0.6) is 0 Å². The minimum Gasteiger partial charge on any atom is -0.467 e. The molecule has 0 aliphatic heterocycles. The van der Waals surface area contributed by atoms with Crippen LogP contribution in [0.2, 0.25) is 0 Å². The second-order valence-electron chi connectivity index (χ2n) is 4.40. The van der Waals surface area contributed by atoms with Gasteiger partial charge in [-0.1, -0.05) is 0 Å². The first kappa shape index (κ1) is 16.4. The van der Waals surface area contributed by atoms with Crippen molar-refractivity contribution in [1.82, 2.24) is 5.32 Å². The fourth-order valence-corrected chi connectivity index (χ4v) is 2.16. The van der Waals surface area contributed by atoms with Crippen LogP contribution in [0.4, 0.5) is 5.69 Å². The van der Waals surface area contributed by atoms with Gasteiger partial charge in [0.2, 0.25) is 0 Å². The number of anilines is 1. The normalized spacial score (nSPS) is 11.8. The Kier molecular flexibility index (Phi) is 6.38. The van der Waals surface area contributed by atoms with Crippen molar-refractivity contribution in [3.8, 4) is 0 Å². The van der Waals surface area contributed by atoms with Crippen LogP contribution >= 0.6 is 11.8 Å². The van der Waals surface area contributed by atoms with E-state index in [9.17, 15) is 9.59 Å². The summed E-state index contributed by atoms with van der Waals surface area (Å²) in [4.78, 5) is 23.8. The fourth-order valence-electron chi connectivity index (χ4n) is 1.69. The summed E-state index contributed by atoms with van der Waals surface area (Å²) in [6.45, 7) is 1.83. The molecule has 0 aromatic heterocycles. The summed E-state index contributed by atoms with van der Waals surface area (Å²) < 4.78 is 4.71. The van der Waals surface area contributed by atoms with Crippen molar-refractivity contribution in [3.63, 3.8) is 0 Å². The molecule has 5 nitrogen and oxygen atoms in total. The van der Waals surface area contributed by atoms with Gasteiger partial charge in [-0.05, 0) is 49.1 Å². The van der Waals surface area contributed by atoms with Gasteiger partial charge >= 0.3 is 5.97 Å². The third-order valence-electron chi connectivity index (χ3n) is 2.93. The third-order valence-corrected chi connectivity index (χ3v) is 3.58. The molecule has 20 heavy (non-hydrogen) atoms. The lowest BCUT2D eigenvalue weighted by atomic mass is 10.1. The SMILES string of the molecule is COC(=O)[C@@H](CCSC)NC(=O)c1ccc(N)c(C)c1. The molecular formula is C14H20N2O3S. The Hall–Kier alpha value is -1.69. The Morgan fingerprint density at radius 1 is 1.45 bits per heavy atom. The zero-order chi connectivity index (χ0) is 15.1. The number of hydrogen-bond acceptors (Lipinski definition) is 5. The van der Waals surface area contributed by atoms with Crippen molar-refractivity contribution >= 4 is 29.3 Å². The van der Waals surface area contributed by atoms with E-state index in [1.165, 1.54) is 7.11 Å². The maximum Gasteiger partial charge on any atom is 0.328 e. The van der Waals surface area contributed by atoms with E-state index in [1.54, 1.807) is 30.0 Å². The predicted octanol–water partition coefficient (Wildman–Crippen LogP) is 1.60. The van der Waals surface area contributed by atoms with E-state index in [4.69, 9.17) is 10.5 Å². The van der Waals surface area contributed by atoms with Crippen LogP contribution in [0.3, 0.4) is 0 Å². The van der Waals surface area contributed by atoms with Gasteiger partial charge in [0.15, 0.2) is 0 Å². The highest BCUT2D eigenvalue weighted by atomic mass is 32.2. The van der Waals surface area contributed by atoms with Crippen molar-refractivity contribution in [3.05, 3.63) is 29.3 Å². The lowest BCUT2D eigenvalue weighted by Crippen LogP contribution is -2.42. The van der Waals surface area contributed by atoms with E-state index < -0.39 is 12.0 Å². The molecule has 0 unspecified atom stereocenters. The van der Waals surface area contributed by atoms with Crippen LogP contribution in [0.15, 0.2) is 18.2 Å². The molecule has 1 amide bonds. The summed E-state index contributed by atoms with van der Waals surface area (Å²) in [6, 6.07) is 4.39. The Morgan fingerprint density at radius 3 is 2.70 bits per heavy atom. The molecule has 6 heteroatoms. The van der Waals surface area contributed by atoms with E-state index in [-0.39, 0.29) is 5.91 Å². The Morgan fingerprint density at radius 2 is 2.15 bits per heavy atom. The molecule has 110 valence electrons. The quantitative estimate of drug-likeness (QED) is 0.615. The number of aryl methyl sites for hydroxylation is 1. The number of esters is 1. The lowest BCUT2D eigenvalue weighted by Gasteiger charge is -2.16. The summed E-state index contributed by atoms with van der Waals surface area (Å²) in [6.07, 6.45) is 2.48. The number of nitrogens with two attached hydrogens (primary N) is 1. The first-order chi connectivity index (χ1) is 9.49. The van der Waals surface area contributed by atoms with E-state index in [0.29, 0.717) is 17.7 Å². The van der Waals surface area contributed by atoms with Gasteiger partial charge in [-0.15, -0.1) is 0 Å². The smallest absolute Gasteiger partial charge is 0.328 e. The highest BCUT2D eigenvalue weighted by Gasteiger charge is 2.21. The molecule has 0 bridgehead atoms. The number of methoxy groups -OCH3 is 1. The average Bonchev–Trinajstić information content (AvgIpc) is 2.45. The molecule has 1 atom stereocenters. The largest absolute Gasteiger partial charge is 0.467 e. The summed E-state index contributed by atoms with van der Waals surface area (Å²) >= 11 is 1.61. The maximum atomic E-state index is 12.1. The molecule has 0 saturated carbocycles. The van der Waals surface area contributed by atoms with Crippen LogP contribution in [-0.4, -0.2) is 37.0 Å². The number of carbonyl (C=O) groups excluding carboxylic acids is 2. The minimum absolute atomic E-state index is 0.301. The zero-order valence-corrected chi connectivity index (χ0v) is 12.8. The topological polar surface area (TPSA) is 81.4 Å². The van der Waals surface area contributed by atoms with Gasteiger partial charge in [-0.25, -0.2) is 4.79 Å². The maximum absolute atomic E-state index is 12.1. The minimum atomic E-state index is -0.627. The van der Waals surface area contributed by atoms with E-state index in [2.05, 4.69) is 5.32 Å². The highest BCUT2D eigenvalue weighted by molar-refractivity contribution is 7.98. The molecule has 0 saturated heterocycles. The van der Waals surface area contributed by atoms with Gasteiger partial charge < -0.3 is 15.8 Å². The molecule has 0 radical (unpaired) electrons. The standard InChI is InChI=1S/C14H20N2O3S/c1-9-8-10(4-5-11(9)15)13(17)16-12(6-7-20-3)14(18)19-2/h4-5,8,12H,6-7,15H2,1-3H3,(H,16,17)/t12-/m1/s1. The van der Waals surface area contributed by atoms with Gasteiger partial charge in [0.1, 0.15) is 6.04 Å². The summed E-state index contributed by atoms with van der Waals surface area (Å²) in [5, 5.41) is 2.70. The van der Waals surface area contributed by atoms with Crippen LogP contribution in [0, 0.1) is 6.92 Å². The van der Waals surface area contributed by atoms with Crippen molar-refractivity contribution < 1.29 is 14.3 Å². The molecule has 0 spiro atoms. The van der Waals surface area contributed by atoms with E-state index >= 15 is 0 Å². The number of amides is 1. The molecule has 3 N–H and O–H groups in total. The molecule has 0 fully saturated rings. The van der Waals surface area contributed by atoms with Crippen LogP contribution in [-0.2, 0) is 9.53 Å². The first-order valence-corrected chi connectivity index (χ1v) is 7.62. The molecule has 0 aliphatic carbocycles. The van der Waals surface area contributed by atoms with Crippen LogP contribution < -0.4 is 11.1 Å². The van der Waals surface area contributed by atoms with E-state index in [0.717, 1.165) is 11.3 Å². The summed E-state index contributed by atoms with van der Waals surface area (Å²) in [5.74, 6) is 0.0324. The van der Waals surface area contributed by atoms with Crippen molar-refractivity contribution in [2.24, 2.45) is 0 Å². The zero-order valence-electron chi connectivity index (χ0n) is 11.9. The van der Waals surface area contributed by atoms with Crippen molar-refractivity contribution in [2.45, 2.75) is 19.4 Å². The second kappa shape index (κ2) is 7.79. The van der Waals surface area contributed by atoms with Gasteiger partial charge in [0.05, 0.1) is 7.11 Å². The third kappa shape index (κ3) is 4.45. The van der Waals surface area contributed by atoms with Gasteiger partial charge in [-0.3, -0.25) is 4.79 Å². The van der Waals surface area contributed by atoms with Crippen molar-refractivity contribution in [1.29, 1.82) is 0 Å². The Labute approximate surface area is 123 Å². The highest BCUT2D eigenvalue weighted by Crippen LogP contribution is 2.13. The van der Waals surface area contributed by atoms with Gasteiger partial charge in [-0.2, -0.15) is 11.8 Å². The molecule has 1 rings (SSSR count). The fraction of sp³-hybridized carbons (Fsp3) is 0.429. The van der Waals surface area contributed by atoms with Gasteiger partial charge in [0.25, 0.3) is 5.91 Å². The number of nitrogen functional groups attached to an aromatic ring is 1. The molecule has 0 heterocycles. The molecule has 1 aromatic carbocycles. The Bertz CT molecular complexity index is 491. The lowest BCUT2D eigenvalue weighted by molar-refractivity contribution is -0.142. The number of nitrogens with one attached hydrogen (secondary N) is 1. The number of rotatable bonds is 6. The van der Waals surface area contributed by atoms with Crippen molar-refractivity contribution in [2.75, 3.05) is 24.9 Å². The van der Waals surface area contributed by atoms with Crippen LogP contribution in [0.1, 0.15) is 22.3 Å². The molecular weight excluding hydrogens is 276 g/mol. The van der Waals surface area contributed by atoms with E-state index in [1.807, 2.05) is 13.2 Å². The summed E-state index contributed by atoms with van der Waals surface area (Å²) in [7, 11) is 1.31.